The van der Waals surface area contributed by atoms with Crippen molar-refractivity contribution in [2.75, 3.05) is 0 Å². The maximum absolute atomic E-state index is 3.36. The molecule has 0 aromatic heterocycles. The fraction of sp³-hybridized carbons (Fsp3) is 0.333. The Balaban J connectivity index is 0. The number of allylic oxidation sites excluding steroid dienone is 8. The normalized spacial score (nSPS) is 15.7. The van der Waals surface area contributed by atoms with Crippen LogP contribution in [0, 0.1) is 18.1 Å². The molecule has 2 aliphatic carbocycles. The van der Waals surface area contributed by atoms with Crippen LogP contribution in [0.4, 0.5) is 0 Å². The van der Waals surface area contributed by atoms with E-state index in [1.54, 1.807) is 0 Å². The molecular weight excluding hydrogens is 666 g/mol. The van der Waals surface area contributed by atoms with Crippen LogP contribution in [-0.2, 0) is 25.8 Å². The van der Waals surface area contributed by atoms with E-state index in [4.69, 9.17) is 0 Å². The first-order chi connectivity index (χ1) is 15.2. The second-order valence-electron chi connectivity index (χ2n) is 9.81. The van der Waals surface area contributed by atoms with E-state index in [1.807, 2.05) is 0 Å². The van der Waals surface area contributed by atoms with Crippen molar-refractivity contribution in [2.45, 2.75) is 59.8 Å². The van der Waals surface area contributed by atoms with Gasteiger partial charge in [0.15, 0.2) is 0 Å². The summed E-state index contributed by atoms with van der Waals surface area (Å²) in [6.07, 6.45) is 12.2. The molecule has 1 unspecified atom stereocenters. The van der Waals surface area contributed by atoms with E-state index in [9.17, 15) is 0 Å². The van der Waals surface area contributed by atoms with Gasteiger partial charge in [0.25, 0.3) is 0 Å². The van der Waals surface area contributed by atoms with Gasteiger partial charge < -0.3 is 24.8 Å². The molecule has 2 aromatic rings. The second kappa shape index (κ2) is 18.5. The van der Waals surface area contributed by atoms with Gasteiger partial charge in [-0.15, -0.1) is 13.3 Å². The summed E-state index contributed by atoms with van der Waals surface area (Å²) in [7, 11) is -0.602. The third-order valence-electron chi connectivity index (χ3n) is 5.66. The van der Waals surface area contributed by atoms with Crippen LogP contribution in [0.2, 0.25) is 25.7 Å². The molecule has 0 heterocycles. The van der Waals surface area contributed by atoms with E-state index in [-0.39, 0.29) is 60.2 Å². The zero-order valence-corrected chi connectivity index (χ0v) is 29.5. The fourth-order valence-electron chi connectivity index (χ4n) is 3.60. The summed E-state index contributed by atoms with van der Waals surface area (Å²) in [6, 6.07) is 22.6. The topological polar surface area (TPSA) is 0 Å². The summed E-state index contributed by atoms with van der Waals surface area (Å²) < 4.78 is 0. The van der Waals surface area contributed by atoms with E-state index >= 15 is 0 Å². The predicted molar refractivity (Wildman–Crippen MR) is 148 cm³/mol. The number of hydrogen-bond acceptors (Lipinski definition) is 0. The average molecular weight is 705 g/mol. The minimum atomic E-state index is -0.873. The molecule has 1 radical (unpaired) electrons. The van der Waals surface area contributed by atoms with Gasteiger partial charge in [0.2, 0.25) is 0 Å². The second-order valence-corrected chi connectivity index (χ2v) is 16.9. The summed E-state index contributed by atoms with van der Waals surface area (Å²) in [4.78, 5) is 0. The van der Waals surface area contributed by atoms with Gasteiger partial charge in [0.1, 0.15) is 9.52 Å². The summed E-state index contributed by atoms with van der Waals surface area (Å²) >= 11 is 0. The largest absolute Gasteiger partial charge is 4.00 e. The molecule has 2 aromatic carbocycles. The van der Waals surface area contributed by atoms with Crippen LogP contribution in [-0.4, -0.2) is 17.6 Å². The monoisotopic (exact) mass is 705 g/mol. The van der Waals surface area contributed by atoms with Crippen molar-refractivity contribution in [3.8, 4) is 0 Å². The van der Waals surface area contributed by atoms with Crippen LogP contribution in [0.3, 0.4) is 0 Å². The average Bonchev–Trinajstić information content (AvgIpc) is 3.33. The zero-order chi connectivity index (χ0) is 23.6. The number of halogens is 2. The van der Waals surface area contributed by atoms with E-state index in [2.05, 4.69) is 132 Å². The van der Waals surface area contributed by atoms with Crippen LogP contribution in [0.15, 0.2) is 95.1 Å². The molecule has 4 rings (SSSR count). The molecule has 185 valence electrons. The van der Waals surface area contributed by atoms with E-state index in [0.29, 0.717) is 5.92 Å². The van der Waals surface area contributed by atoms with E-state index < -0.39 is 8.07 Å². The molecule has 0 saturated carbocycles. The van der Waals surface area contributed by atoms with Crippen LogP contribution in [0.1, 0.15) is 34.1 Å². The molecule has 0 amide bonds. The van der Waals surface area contributed by atoms with Crippen molar-refractivity contribution < 1.29 is 50.7 Å². The zero-order valence-electron chi connectivity index (χ0n) is 22.3. The Bertz CT molecular complexity index is 935. The van der Waals surface area contributed by atoms with Crippen molar-refractivity contribution in [3.05, 3.63) is 107 Å². The summed E-state index contributed by atoms with van der Waals surface area (Å²) in [5.41, 5.74) is 5.69. The summed E-state index contributed by atoms with van der Waals surface area (Å²) in [5, 5.41) is 2.90. The van der Waals surface area contributed by atoms with E-state index in [0.717, 1.165) is 6.42 Å². The molecule has 1 atom stereocenters. The smallest absolute Gasteiger partial charge is 1.00 e. The Hall–Kier alpha value is -0.716. The van der Waals surface area contributed by atoms with Gasteiger partial charge in [-0.1, -0.05) is 123 Å². The third-order valence-corrected chi connectivity index (χ3v) is 8.53. The Morgan fingerprint density at radius 3 is 1.63 bits per heavy atom. The molecule has 0 fully saturated rings. The first kappa shape index (κ1) is 36.4. The number of hydrogen-bond donors (Lipinski definition) is 0. The van der Waals surface area contributed by atoms with Gasteiger partial charge in [-0.25, -0.2) is 17.2 Å². The van der Waals surface area contributed by atoms with Crippen LogP contribution >= 0.6 is 0 Å². The summed E-state index contributed by atoms with van der Waals surface area (Å²) in [5.74, 6) is 0.560. The van der Waals surface area contributed by atoms with Gasteiger partial charge in [0.05, 0.1) is 0 Å². The predicted octanol–water partition coefficient (Wildman–Crippen LogP) is 0.815. The van der Waals surface area contributed by atoms with Gasteiger partial charge in [-0.05, 0) is 0 Å². The minimum absolute atomic E-state index is 0. The quantitative estimate of drug-likeness (QED) is 0.327. The first-order valence-corrected chi connectivity index (χ1v) is 16.5. The van der Waals surface area contributed by atoms with Gasteiger partial charge in [0, 0.05) is 8.07 Å². The van der Waals surface area contributed by atoms with Crippen molar-refractivity contribution in [2.24, 2.45) is 5.92 Å². The first-order valence-electron chi connectivity index (χ1n) is 11.6. The molecule has 2 aliphatic rings. The van der Waals surface area contributed by atoms with Crippen molar-refractivity contribution in [3.63, 3.8) is 0 Å². The van der Waals surface area contributed by atoms with Crippen molar-refractivity contribution in [1.82, 2.24) is 0 Å². The maximum atomic E-state index is 3.36. The van der Waals surface area contributed by atoms with Gasteiger partial charge in [-0.3, -0.25) is 12.2 Å². The molecule has 5 heteroatoms. The molecule has 0 saturated heterocycles. The van der Waals surface area contributed by atoms with Crippen LogP contribution in [0.5, 0.6) is 0 Å². The maximum Gasteiger partial charge on any atom is 4.00 e. The molecule has 0 N–H and O–H groups in total. The Labute approximate surface area is 249 Å². The Morgan fingerprint density at radius 1 is 0.857 bits per heavy atom. The molecular formula is C30H39Cl2HfSi2. The third kappa shape index (κ3) is 14.6. The van der Waals surface area contributed by atoms with Crippen LogP contribution in [0.25, 0.3) is 0 Å². The van der Waals surface area contributed by atoms with Crippen LogP contribution < -0.4 is 35.2 Å². The van der Waals surface area contributed by atoms with E-state index in [1.165, 1.54) is 38.7 Å². The van der Waals surface area contributed by atoms with Crippen molar-refractivity contribution >= 4 is 28.0 Å². The Morgan fingerprint density at radius 2 is 1.34 bits per heavy atom. The van der Waals surface area contributed by atoms with Gasteiger partial charge in [-0.2, -0.15) is 17.2 Å². The fourth-order valence-corrected chi connectivity index (χ4v) is 6.20. The van der Waals surface area contributed by atoms with Crippen molar-refractivity contribution in [1.29, 1.82) is 0 Å². The molecule has 0 aliphatic heterocycles. The number of rotatable bonds is 4. The van der Waals surface area contributed by atoms with Gasteiger partial charge >= 0.3 is 25.8 Å². The Kier molecular flexibility index (Phi) is 19.3. The number of benzene rings is 2. The molecule has 35 heavy (non-hydrogen) atoms. The molecule has 0 spiro atoms. The molecule has 0 bridgehead atoms. The SMILES string of the molecule is CC1=[C-]C(C)C(C)=C1C.C[Si](C)(C)CC1=[C-]CC=C1.[Cl-].[Cl-].[Hf+4].c1ccc([SiH]c2ccccc2)cc1. The summed E-state index contributed by atoms with van der Waals surface area (Å²) in [6.45, 7) is 15.9. The minimum Gasteiger partial charge on any atom is -1.00 e. The molecule has 0 nitrogen and oxygen atoms in total. The standard InChI is InChI=1S/C12H11Si.C9H15Si.C9H13.2ClH.Hf/c1-3-7-11(8-4-1)13-12-9-5-2-6-10-12;1-10(2,3)8-9-6-4-5-7-9;1-6-5-7(2)9(4)8(6)3;;;/h1-10,13H;4,6H,5,8H2,1-3H3;6H,1-4H3;2*1H;/q;2*-1;;;+4/p-2.